The first-order valence-electron chi connectivity index (χ1n) is 8.59. The second kappa shape index (κ2) is 9.20. The van der Waals surface area contributed by atoms with E-state index in [-0.39, 0.29) is 22.3 Å². The number of aromatic nitrogens is 1. The molecule has 0 aliphatic heterocycles. The third-order valence-electron chi connectivity index (χ3n) is 3.96. The first-order chi connectivity index (χ1) is 13.8. The Labute approximate surface area is 176 Å². The minimum Gasteiger partial charge on any atom is -0.342 e. The lowest BCUT2D eigenvalue weighted by Gasteiger charge is -2.16. The van der Waals surface area contributed by atoms with Crippen LogP contribution in [0.4, 0.5) is 24.5 Å². The second-order valence-electron chi connectivity index (χ2n) is 6.06. The van der Waals surface area contributed by atoms with E-state index in [0.717, 1.165) is 17.4 Å². The molecule has 0 fully saturated rings. The van der Waals surface area contributed by atoms with Gasteiger partial charge in [0.05, 0.1) is 5.56 Å². The summed E-state index contributed by atoms with van der Waals surface area (Å²) in [5.74, 6) is 0.501. The van der Waals surface area contributed by atoms with Crippen LogP contribution in [-0.2, 0) is 12.6 Å². The Balaban J connectivity index is 1.94. The number of nitrogens with one attached hydrogen (secondary N) is 2. The largest absolute Gasteiger partial charge is 0.416 e. The molecule has 1 heterocycles. The van der Waals surface area contributed by atoms with Crippen molar-refractivity contribution >= 4 is 34.6 Å². The normalized spacial score (nSPS) is 11.1. The zero-order valence-corrected chi connectivity index (χ0v) is 16.5. The molecule has 2 N–H and O–H groups in total. The summed E-state index contributed by atoms with van der Waals surface area (Å²) in [5.41, 5.74) is 0.500. The van der Waals surface area contributed by atoms with E-state index in [0.29, 0.717) is 5.82 Å². The van der Waals surface area contributed by atoms with Gasteiger partial charge in [-0.2, -0.15) is 13.2 Å². The minimum absolute atomic E-state index is 0.104. The van der Waals surface area contributed by atoms with Crippen LogP contribution < -0.4 is 10.6 Å². The van der Waals surface area contributed by atoms with Crippen molar-refractivity contribution in [2.24, 2.45) is 0 Å². The molecule has 0 aliphatic carbocycles. The van der Waals surface area contributed by atoms with Crippen molar-refractivity contribution in [1.82, 2.24) is 4.98 Å². The summed E-state index contributed by atoms with van der Waals surface area (Å²) in [7, 11) is 0. The first kappa shape index (κ1) is 21.0. The molecule has 3 rings (SSSR count). The van der Waals surface area contributed by atoms with E-state index in [4.69, 9.17) is 23.2 Å². The Hall–Kier alpha value is -2.70. The van der Waals surface area contributed by atoms with E-state index in [1.165, 1.54) is 0 Å². The number of pyridine rings is 1. The number of para-hydroxylation sites is 2. The fraction of sp³-hybridized carbons (Fsp3) is 0.0952. The van der Waals surface area contributed by atoms with Gasteiger partial charge in [-0.05, 0) is 42.8 Å². The lowest BCUT2D eigenvalue weighted by atomic mass is 10.1. The lowest BCUT2D eigenvalue weighted by molar-refractivity contribution is -0.138. The van der Waals surface area contributed by atoms with Crippen molar-refractivity contribution in [3.8, 4) is 0 Å². The van der Waals surface area contributed by atoms with Crippen molar-refractivity contribution in [2.75, 3.05) is 10.6 Å². The van der Waals surface area contributed by atoms with Gasteiger partial charge in [0.25, 0.3) is 0 Å². The molecule has 3 aromatic rings. The number of rotatable bonds is 6. The summed E-state index contributed by atoms with van der Waals surface area (Å²) in [4.78, 5) is 3.75. The van der Waals surface area contributed by atoms with Crippen LogP contribution in [0.25, 0.3) is 0 Å². The average Bonchev–Trinajstić information content (AvgIpc) is 2.67. The third kappa shape index (κ3) is 5.89. The molecule has 8 heteroatoms. The molecule has 0 atom stereocenters. The number of anilines is 2. The molecule has 0 bridgehead atoms. The van der Waals surface area contributed by atoms with Gasteiger partial charge in [-0.15, -0.1) is 0 Å². The van der Waals surface area contributed by atoms with Crippen LogP contribution >= 0.6 is 23.2 Å². The SMILES string of the molecule is FC(F)(F)c1cc(Cl)nc(Cl)c1CC=C(Nc1ccccc1)Nc1ccccc1. The number of halogens is 5. The van der Waals surface area contributed by atoms with Gasteiger partial charge in [0, 0.05) is 16.9 Å². The third-order valence-corrected chi connectivity index (χ3v) is 4.47. The van der Waals surface area contributed by atoms with Gasteiger partial charge in [-0.3, -0.25) is 0 Å². The predicted octanol–water partition coefficient (Wildman–Crippen LogP) is 7.02. The summed E-state index contributed by atoms with van der Waals surface area (Å²) in [6, 6.07) is 19.3. The molecule has 0 spiro atoms. The highest BCUT2D eigenvalue weighted by Crippen LogP contribution is 2.36. The summed E-state index contributed by atoms with van der Waals surface area (Å²) in [6.07, 6.45) is -3.11. The molecule has 0 amide bonds. The number of alkyl halides is 3. The van der Waals surface area contributed by atoms with Crippen LogP contribution in [0.5, 0.6) is 0 Å². The minimum atomic E-state index is -4.60. The van der Waals surface area contributed by atoms with Crippen LogP contribution in [0.3, 0.4) is 0 Å². The topological polar surface area (TPSA) is 37.0 Å². The van der Waals surface area contributed by atoms with Gasteiger partial charge in [-0.1, -0.05) is 59.6 Å². The van der Waals surface area contributed by atoms with E-state index in [1.54, 1.807) is 6.08 Å². The highest BCUT2D eigenvalue weighted by Gasteiger charge is 2.35. The van der Waals surface area contributed by atoms with Crippen molar-refractivity contribution < 1.29 is 13.2 Å². The fourth-order valence-corrected chi connectivity index (χ4v) is 3.16. The van der Waals surface area contributed by atoms with E-state index in [9.17, 15) is 13.2 Å². The van der Waals surface area contributed by atoms with E-state index >= 15 is 0 Å². The number of hydrogen-bond donors (Lipinski definition) is 2. The quantitative estimate of drug-likeness (QED) is 0.407. The van der Waals surface area contributed by atoms with Crippen LogP contribution in [0.1, 0.15) is 11.1 Å². The van der Waals surface area contributed by atoms with Crippen LogP contribution in [0.2, 0.25) is 10.3 Å². The van der Waals surface area contributed by atoms with Gasteiger partial charge in [0.15, 0.2) is 0 Å². The van der Waals surface area contributed by atoms with E-state index in [1.807, 2.05) is 60.7 Å². The molecule has 0 saturated carbocycles. The monoisotopic (exact) mass is 437 g/mol. The molecule has 29 heavy (non-hydrogen) atoms. The number of hydrogen-bond acceptors (Lipinski definition) is 3. The first-order valence-corrected chi connectivity index (χ1v) is 9.35. The highest BCUT2D eigenvalue weighted by molar-refractivity contribution is 6.33. The molecule has 0 saturated heterocycles. The van der Waals surface area contributed by atoms with E-state index in [2.05, 4.69) is 15.6 Å². The Morgan fingerprint density at radius 3 is 1.90 bits per heavy atom. The Kier molecular flexibility index (Phi) is 6.67. The number of benzene rings is 2. The maximum Gasteiger partial charge on any atom is 0.416 e. The molecule has 0 radical (unpaired) electrons. The van der Waals surface area contributed by atoms with E-state index < -0.39 is 11.7 Å². The molecule has 3 nitrogen and oxygen atoms in total. The maximum absolute atomic E-state index is 13.4. The van der Waals surface area contributed by atoms with Gasteiger partial charge in [0.1, 0.15) is 16.1 Å². The van der Waals surface area contributed by atoms with Gasteiger partial charge in [-0.25, -0.2) is 4.98 Å². The molecule has 150 valence electrons. The fourth-order valence-electron chi connectivity index (χ4n) is 2.65. The van der Waals surface area contributed by atoms with Gasteiger partial charge < -0.3 is 10.6 Å². The predicted molar refractivity (Wildman–Crippen MR) is 111 cm³/mol. The maximum atomic E-state index is 13.4. The van der Waals surface area contributed by atoms with Crippen molar-refractivity contribution in [2.45, 2.75) is 12.6 Å². The lowest BCUT2D eigenvalue weighted by Crippen LogP contribution is -2.13. The second-order valence-corrected chi connectivity index (χ2v) is 6.81. The Bertz CT molecular complexity index is 948. The van der Waals surface area contributed by atoms with Crippen molar-refractivity contribution in [1.29, 1.82) is 0 Å². The summed E-state index contributed by atoms with van der Waals surface area (Å²) in [6.45, 7) is 0. The smallest absolute Gasteiger partial charge is 0.342 e. The average molecular weight is 438 g/mol. The number of nitrogens with zero attached hydrogens (tertiary/aromatic N) is 1. The molecule has 2 aromatic carbocycles. The summed E-state index contributed by atoms with van der Waals surface area (Å²) >= 11 is 11.6. The number of allylic oxidation sites excluding steroid dienone is 1. The molecule has 0 aliphatic rings. The molecule has 0 unspecified atom stereocenters. The van der Waals surface area contributed by atoms with Crippen LogP contribution in [-0.4, -0.2) is 4.98 Å². The Morgan fingerprint density at radius 1 is 0.897 bits per heavy atom. The standard InChI is InChI=1S/C21H16Cl2F3N3/c22-18-13-17(21(24,25)26)16(20(23)29-18)11-12-19(27-14-7-3-1-4-8-14)28-15-9-5-2-6-10-15/h1-10,12-13,27-28H,11H2. The Morgan fingerprint density at radius 2 is 1.41 bits per heavy atom. The zero-order valence-electron chi connectivity index (χ0n) is 15.0. The summed E-state index contributed by atoms with van der Waals surface area (Å²) in [5, 5.41) is 5.75. The van der Waals surface area contributed by atoms with Crippen LogP contribution in [0.15, 0.2) is 78.6 Å². The van der Waals surface area contributed by atoms with Crippen molar-refractivity contribution in [3.05, 3.63) is 100 Å². The highest BCUT2D eigenvalue weighted by atomic mass is 35.5. The molecular formula is C21H16Cl2F3N3. The van der Waals surface area contributed by atoms with Crippen LogP contribution in [0, 0.1) is 0 Å². The molecule has 1 aromatic heterocycles. The van der Waals surface area contributed by atoms with Gasteiger partial charge in [0.2, 0.25) is 0 Å². The van der Waals surface area contributed by atoms with Gasteiger partial charge >= 0.3 is 6.18 Å². The summed E-state index contributed by atoms with van der Waals surface area (Å²) < 4.78 is 40.3. The van der Waals surface area contributed by atoms with Crippen molar-refractivity contribution in [3.63, 3.8) is 0 Å². The molecular weight excluding hydrogens is 422 g/mol. The zero-order chi connectivity index (χ0) is 20.9.